The third-order valence-electron chi connectivity index (χ3n) is 6.55. The molecular formula is C25H34ClN3O4. The molecule has 0 bridgehead atoms. The molecule has 33 heavy (non-hydrogen) atoms. The molecule has 0 radical (unpaired) electrons. The average molecular weight is 476 g/mol. The summed E-state index contributed by atoms with van der Waals surface area (Å²) < 4.78 is 0. The number of nitro groups is 1. The van der Waals surface area contributed by atoms with Crippen molar-refractivity contribution in [1.29, 1.82) is 0 Å². The number of para-hydroxylation sites is 1. The number of benzene rings is 1. The van der Waals surface area contributed by atoms with E-state index in [9.17, 15) is 20.3 Å². The molecule has 2 aromatic rings. The average Bonchev–Trinajstić information content (AvgIpc) is 3.02. The molecule has 1 aliphatic rings. The first kappa shape index (κ1) is 25.4. The van der Waals surface area contributed by atoms with Crippen LogP contribution in [-0.2, 0) is 12.8 Å². The minimum Gasteiger partial charge on any atom is -0.396 e. The maximum absolute atomic E-state index is 11.4. The van der Waals surface area contributed by atoms with E-state index < -0.39 is 6.10 Å². The van der Waals surface area contributed by atoms with Crippen molar-refractivity contribution in [3.05, 3.63) is 63.8 Å². The second-order valence-corrected chi connectivity index (χ2v) is 10.4. The molecule has 2 unspecified atom stereocenters. The first-order chi connectivity index (χ1) is 15.6. The number of pyridine rings is 1. The van der Waals surface area contributed by atoms with E-state index in [4.69, 9.17) is 16.6 Å². The van der Waals surface area contributed by atoms with Gasteiger partial charge in [0.05, 0.1) is 11.0 Å². The van der Waals surface area contributed by atoms with Gasteiger partial charge in [0, 0.05) is 47.8 Å². The van der Waals surface area contributed by atoms with Gasteiger partial charge in [-0.1, -0.05) is 24.3 Å². The van der Waals surface area contributed by atoms with Gasteiger partial charge in [-0.15, -0.1) is 11.6 Å². The normalized spacial score (nSPS) is 23.0. The van der Waals surface area contributed by atoms with Crippen LogP contribution >= 0.6 is 11.6 Å². The monoisotopic (exact) mass is 475 g/mol. The third-order valence-corrected chi connectivity index (χ3v) is 7.05. The van der Waals surface area contributed by atoms with Crippen LogP contribution in [0, 0.1) is 22.0 Å². The number of alkyl halides is 1. The lowest BCUT2D eigenvalue weighted by atomic mass is 9.87. The predicted octanol–water partition coefficient (Wildman–Crippen LogP) is 4.37. The van der Waals surface area contributed by atoms with Gasteiger partial charge in [-0.2, -0.15) is 0 Å². The van der Waals surface area contributed by atoms with Crippen molar-refractivity contribution in [1.82, 2.24) is 4.98 Å². The summed E-state index contributed by atoms with van der Waals surface area (Å²) in [4.78, 5) is 18.0. The number of aliphatic hydroxyl groups excluding tert-OH is 2. The standard InChI is InChI=1S/C25H34ClN3O4/c1-25(2,3)28(24-10-6-8-18(27-24)13-14-30)16-20-19(23(31)15-21(20)26)12-11-17-7-4-5-9-22(17)29(32)33/h4-10,19-21,23,30-31H,11-16H2,1-3H3/t19-,20-,21?,23?/m1/s1. The van der Waals surface area contributed by atoms with E-state index in [1.165, 1.54) is 6.07 Å². The molecule has 3 rings (SSSR count). The molecule has 1 aromatic carbocycles. The molecule has 0 aliphatic heterocycles. The lowest BCUT2D eigenvalue weighted by Crippen LogP contribution is -2.47. The highest BCUT2D eigenvalue weighted by Crippen LogP contribution is 2.41. The van der Waals surface area contributed by atoms with Crippen molar-refractivity contribution in [2.75, 3.05) is 18.1 Å². The molecule has 0 spiro atoms. The topological polar surface area (TPSA) is 99.7 Å². The molecular weight excluding hydrogens is 442 g/mol. The third kappa shape index (κ3) is 6.22. The molecule has 7 nitrogen and oxygen atoms in total. The zero-order valence-electron chi connectivity index (χ0n) is 19.5. The van der Waals surface area contributed by atoms with Crippen LogP contribution in [-0.4, -0.2) is 50.3 Å². The minimum absolute atomic E-state index is 0.00644. The zero-order valence-corrected chi connectivity index (χ0v) is 20.3. The highest BCUT2D eigenvalue weighted by Gasteiger charge is 2.43. The van der Waals surface area contributed by atoms with Crippen LogP contribution in [0.5, 0.6) is 0 Å². The summed E-state index contributed by atoms with van der Waals surface area (Å²) in [6.07, 6.45) is 1.58. The van der Waals surface area contributed by atoms with Crippen LogP contribution in [0.15, 0.2) is 42.5 Å². The molecule has 0 saturated heterocycles. The van der Waals surface area contributed by atoms with Gasteiger partial charge < -0.3 is 15.1 Å². The van der Waals surface area contributed by atoms with Crippen LogP contribution in [0.2, 0.25) is 0 Å². The molecule has 1 saturated carbocycles. The molecule has 1 fully saturated rings. The largest absolute Gasteiger partial charge is 0.396 e. The molecule has 2 N–H and O–H groups in total. The van der Waals surface area contributed by atoms with Gasteiger partial charge in [-0.25, -0.2) is 4.98 Å². The Labute approximate surface area is 200 Å². The second kappa shape index (κ2) is 10.8. The van der Waals surface area contributed by atoms with Crippen molar-refractivity contribution in [2.45, 2.75) is 63.5 Å². The molecule has 1 aromatic heterocycles. The number of halogens is 1. The van der Waals surface area contributed by atoms with Crippen LogP contribution in [0.4, 0.5) is 11.5 Å². The Hall–Kier alpha value is -2.22. The van der Waals surface area contributed by atoms with Crippen molar-refractivity contribution >= 4 is 23.1 Å². The van der Waals surface area contributed by atoms with Crippen LogP contribution in [0.1, 0.15) is 44.9 Å². The Morgan fingerprint density at radius 2 is 1.88 bits per heavy atom. The van der Waals surface area contributed by atoms with E-state index in [2.05, 4.69) is 25.7 Å². The van der Waals surface area contributed by atoms with Gasteiger partial charge in [0.1, 0.15) is 5.82 Å². The van der Waals surface area contributed by atoms with E-state index in [0.717, 1.165) is 11.5 Å². The maximum Gasteiger partial charge on any atom is 0.272 e. The van der Waals surface area contributed by atoms with Crippen molar-refractivity contribution in [2.24, 2.45) is 11.8 Å². The predicted molar refractivity (Wildman–Crippen MR) is 131 cm³/mol. The fourth-order valence-corrected chi connectivity index (χ4v) is 5.25. The summed E-state index contributed by atoms with van der Waals surface area (Å²) >= 11 is 6.75. The number of rotatable bonds is 9. The summed E-state index contributed by atoms with van der Waals surface area (Å²) in [7, 11) is 0. The van der Waals surface area contributed by atoms with Gasteiger partial charge in [0.2, 0.25) is 0 Å². The molecule has 4 atom stereocenters. The highest BCUT2D eigenvalue weighted by molar-refractivity contribution is 6.21. The van der Waals surface area contributed by atoms with Crippen LogP contribution in [0.3, 0.4) is 0 Å². The van der Waals surface area contributed by atoms with E-state index in [1.54, 1.807) is 12.1 Å². The summed E-state index contributed by atoms with van der Waals surface area (Å²) in [5.41, 5.74) is 1.38. The molecule has 1 heterocycles. The van der Waals surface area contributed by atoms with E-state index in [0.29, 0.717) is 37.8 Å². The SMILES string of the molecule is CC(C)(C)N(C[C@H]1C(Cl)CC(O)[C@@H]1CCc1ccccc1[N+](=O)[O-])c1cccc(CCO)n1. The lowest BCUT2D eigenvalue weighted by Gasteiger charge is -2.40. The molecule has 8 heteroatoms. The Bertz CT molecular complexity index is 949. The number of hydrogen-bond donors (Lipinski definition) is 2. The Balaban J connectivity index is 1.82. The Kier molecular flexibility index (Phi) is 8.32. The molecule has 180 valence electrons. The van der Waals surface area contributed by atoms with Gasteiger partial charge in [-0.3, -0.25) is 10.1 Å². The summed E-state index contributed by atoms with van der Waals surface area (Å²) in [6.45, 7) is 7.00. The van der Waals surface area contributed by atoms with Crippen LogP contribution in [0.25, 0.3) is 0 Å². The van der Waals surface area contributed by atoms with Crippen molar-refractivity contribution in [3.8, 4) is 0 Å². The van der Waals surface area contributed by atoms with Gasteiger partial charge in [0.25, 0.3) is 5.69 Å². The fraction of sp³-hybridized carbons (Fsp3) is 0.560. The summed E-state index contributed by atoms with van der Waals surface area (Å²) in [6, 6.07) is 12.6. The quantitative estimate of drug-likeness (QED) is 0.317. The van der Waals surface area contributed by atoms with Crippen molar-refractivity contribution < 1.29 is 15.1 Å². The highest BCUT2D eigenvalue weighted by atomic mass is 35.5. The maximum atomic E-state index is 11.4. The number of nitrogens with zero attached hydrogens (tertiary/aromatic N) is 3. The van der Waals surface area contributed by atoms with E-state index in [1.807, 2.05) is 24.3 Å². The summed E-state index contributed by atoms with van der Waals surface area (Å²) in [5, 5.41) is 31.3. The zero-order chi connectivity index (χ0) is 24.2. The number of nitro benzene ring substituents is 1. The Morgan fingerprint density at radius 3 is 2.55 bits per heavy atom. The van der Waals surface area contributed by atoms with Crippen LogP contribution < -0.4 is 4.90 Å². The Morgan fingerprint density at radius 1 is 1.15 bits per heavy atom. The molecule has 1 aliphatic carbocycles. The number of aromatic nitrogens is 1. The number of aliphatic hydroxyl groups is 2. The molecule has 0 amide bonds. The van der Waals surface area contributed by atoms with Gasteiger partial charge >= 0.3 is 0 Å². The first-order valence-corrected chi connectivity index (χ1v) is 11.9. The smallest absolute Gasteiger partial charge is 0.272 e. The lowest BCUT2D eigenvalue weighted by molar-refractivity contribution is -0.385. The number of hydrogen-bond acceptors (Lipinski definition) is 6. The van der Waals surface area contributed by atoms with Crippen molar-refractivity contribution in [3.63, 3.8) is 0 Å². The number of anilines is 1. The van der Waals surface area contributed by atoms with Gasteiger partial charge in [-0.05, 0) is 64.0 Å². The second-order valence-electron chi connectivity index (χ2n) is 9.81. The number of aryl methyl sites for hydroxylation is 1. The van der Waals surface area contributed by atoms with Gasteiger partial charge in [0.15, 0.2) is 0 Å². The minimum atomic E-state index is -0.546. The summed E-state index contributed by atoms with van der Waals surface area (Å²) in [5.74, 6) is 0.751. The van der Waals surface area contributed by atoms with E-state index >= 15 is 0 Å². The first-order valence-electron chi connectivity index (χ1n) is 11.5. The van der Waals surface area contributed by atoms with E-state index in [-0.39, 0.29) is 40.0 Å². The fourth-order valence-electron chi connectivity index (χ4n) is 4.81.